The van der Waals surface area contributed by atoms with E-state index in [2.05, 4.69) is 79.8 Å². The SMILES string of the molecule is CNC(=O)CCc1ccc2c(C)cc(-c3cccc(CN(C)C)c3)nc2c1. The molecule has 4 heteroatoms. The molecule has 0 atom stereocenters. The summed E-state index contributed by atoms with van der Waals surface area (Å²) in [5.41, 5.74) is 6.73. The highest BCUT2D eigenvalue weighted by atomic mass is 16.1. The van der Waals surface area contributed by atoms with Crippen LogP contribution < -0.4 is 5.32 Å². The Bertz CT molecular complexity index is 963. The van der Waals surface area contributed by atoms with Gasteiger partial charge in [0.25, 0.3) is 0 Å². The highest BCUT2D eigenvalue weighted by Gasteiger charge is 2.08. The van der Waals surface area contributed by atoms with Gasteiger partial charge < -0.3 is 10.2 Å². The van der Waals surface area contributed by atoms with Crippen molar-refractivity contribution in [2.75, 3.05) is 21.1 Å². The molecule has 0 saturated carbocycles. The Labute approximate surface area is 161 Å². The highest BCUT2D eigenvalue weighted by molar-refractivity contribution is 5.85. The predicted octanol–water partition coefficient (Wildman–Crippen LogP) is 3.95. The van der Waals surface area contributed by atoms with E-state index in [-0.39, 0.29) is 5.91 Å². The molecule has 0 saturated heterocycles. The molecule has 2 aromatic carbocycles. The molecule has 27 heavy (non-hydrogen) atoms. The summed E-state index contributed by atoms with van der Waals surface area (Å²) in [6.07, 6.45) is 1.21. The van der Waals surface area contributed by atoms with Crippen LogP contribution in [0.2, 0.25) is 0 Å². The quantitative estimate of drug-likeness (QED) is 0.723. The van der Waals surface area contributed by atoms with Gasteiger partial charge in [-0.05, 0) is 62.3 Å². The number of pyridine rings is 1. The molecule has 4 nitrogen and oxygen atoms in total. The smallest absolute Gasteiger partial charge is 0.220 e. The summed E-state index contributed by atoms with van der Waals surface area (Å²) in [4.78, 5) is 18.6. The molecule has 1 heterocycles. The number of carbonyl (C=O) groups is 1. The van der Waals surface area contributed by atoms with Crippen molar-refractivity contribution in [3.63, 3.8) is 0 Å². The van der Waals surface area contributed by atoms with Crippen molar-refractivity contribution < 1.29 is 4.79 Å². The second-order valence-corrected chi connectivity index (χ2v) is 7.29. The first-order chi connectivity index (χ1) is 13.0. The summed E-state index contributed by atoms with van der Waals surface area (Å²) in [5, 5.41) is 3.83. The first kappa shape index (κ1) is 19.1. The number of aryl methyl sites for hydroxylation is 2. The van der Waals surface area contributed by atoms with E-state index in [0.717, 1.165) is 40.7 Å². The van der Waals surface area contributed by atoms with Crippen LogP contribution in [-0.4, -0.2) is 36.9 Å². The summed E-state index contributed by atoms with van der Waals surface area (Å²) in [5.74, 6) is 0.0608. The molecule has 0 aliphatic carbocycles. The van der Waals surface area contributed by atoms with Crippen molar-refractivity contribution in [3.05, 3.63) is 65.2 Å². The molecule has 0 radical (unpaired) electrons. The van der Waals surface area contributed by atoms with Gasteiger partial charge in [-0.1, -0.05) is 30.3 Å². The number of hydrogen-bond donors (Lipinski definition) is 1. The molecule has 0 spiro atoms. The van der Waals surface area contributed by atoms with Crippen molar-refractivity contribution in [3.8, 4) is 11.3 Å². The molecule has 0 fully saturated rings. The van der Waals surface area contributed by atoms with Gasteiger partial charge in [0.15, 0.2) is 0 Å². The molecule has 1 aromatic heterocycles. The van der Waals surface area contributed by atoms with Crippen molar-refractivity contribution >= 4 is 16.8 Å². The monoisotopic (exact) mass is 361 g/mol. The standard InChI is InChI=1S/C23H27N3O/c1-16-12-21(19-7-5-6-18(13-19)15-26(3)4)25-22-14-17(8-10-20(16)22)9-11-23(27)24-2/h5-8,10,12-14H,9,11,15H2,1-4H3,(H,24,27). The number of hydrogen-bond acceptors (Lipinski definition) is 3. The molecule has 1 amide bonds. The third-order valence-electron chi connectivity index (χ3n) is 4.72. The number of amides is 1. The average Bonchev–Trinajstić information content (AvgIpc) is 2.65. The molecule has 3 rings (SSSR count). The third kappa shape index (κ3) is 4.72. The van der Waals surface area contributed by atoms with Crippen molar-refractivity contribution in [2.24, 2.45) is 0 Å². The van der Waals surface area contributed by atoms with Gasteiger partial charge in [-0.3, -0.25) is 4.79 Å². The Morgan fingerprint density at radius 1 is 1.07 bits per heavy atom. The normalized spacial score (nSPS) is 11.1. The van der Waals surface area contributed by atoms with Gasteiger partial charge in [-0.2, -0.15) is 0 Å². The largest absolute Gasteiger partial charge is 0.359 e. The van der Waals surface area contributed by atoms with E-state index in [4.69, 9.17) is 4.98 Å². The molecular formula is C23H27N3O. The molecule has 3 aromatic rings. The van der Waals surface area contributed by atoms with Crippen molar-refractivity contribution in [1.29, 1.82) is 0 Å². The first-order valence-electron chi connectivity index (χ1n) is 9.31. The van der Waals surface area contributed by atoms with E-state index >= 15 is 0 Å². The van der Waals surface area contributed by atoms with Gasteiger partial charge in [0.1, 0.15) is 0 Å². The molecule has 0 aliphatic rings. The van der Waals surface area contributed by atoms with Gasteiger partial charge in [-0.25, -0.2) is 4.98 Å². The van der Waals surface area contributed by atoms with Crippen LogP contribution in [-0.2, 0) is 17.8 Å². The van der Waals surface area contributed by atoms with Gasteiger partial charge in [0.05, 0.1) is 11.2 Å². The topological polar surface area (TPSA) is 45.2 Å². The van der Waals surface area contributed by atoms with Crippen LogP contribution in [0.25, 0.3) is 22.2 Å². The fraction of sp³-hybridized carbons (Fsp3) is 0.304. The van der Waals surface area contributed by atoms with Gasteiger partial charge in [-0.15, -0.1) is 0 Å². The molecule has 0 bridgehead atoms. The maximum Gasteiger partial charge on any atom is 0.220 e. The summed E-state index contributed by atoms with van der Waals surface area (Å²) in [7, 11) is 5.82. The maximum atomic E-state index is 11.5. The molecule has 140 valence electrons. The second kappa shape index (κ2) is 8.31. The van der Waals surface area contributed by atoms with Crippen LogP contribution in [0.3, 0.4) is 0 Å². The van der Waals surface area contributed by atoms with Gasteiger partial charge in [0.2, 0.25) is 5.91 Å². The van der Waals surface area contributed by atoms with Crippen molar-refractivity contribution in [2.45, 2.75) is 26.3 Å². The highest BCUT2D eigenvalue weighted by Crippen LogP contribution is 2.26. The summed E-state index contributed by atoms with van der Waals surface area (Å²) in [6, 6.07) is 17.0. The lowest BCUT2D eigenvalue weighted by Gasteiger charge is -2.12. The number of carbonyl (C=O) groups excluding carboxylic acids is 1. The summed E-state index contributed by atoms with van der Waals surface area (Å²) >= 11 is 0. The fourth-order valence-electron chi connectivity index (χ4n) is 3.33. The zero-order valence-corrected chi connectivity index (χ0v) is 16.5. The minimum absolute atomic E-state index is 0.0608. The molecule has 0 aliphatic heterocycles. The minimum Gasteiger partial charge on any atom is -0.359 e. The Morgan fingerprint density at radius 2 is 1.89 bits per heavy atom. The minimum atomic E-state index is 0.0608. The van der Waals surface area contributed by atoms with E-state index in [0.29, 0.717) is 6.42 Å². The summed E-state index contributed by atoms with van der Waals surface area (Å²) in [6.45, 7) is 3.03. The van der Waals surface area contributed by atoms with Crippen LogP contribution in [0.15, 0.2) is 48.5 Å². The van der Waals surface area contributed by atoms with E-state index in [1.54, 1.807) is 7.05 Å². The van der Waals surface area contributed by atoms with Crippen LogP contribution in [0.5, 0.6) is 0 Å². The Kier molecular flexibility index (Phi) is 5.87. The lowest BCUT2D eigenvalue weighted by molar-refractivity contribution is -0.120. The van der Waals surface area contributed by atoms with Crippen molar-refractivity contribution in [1.82, 2.24) is 15.2 Å². The lowest BCUT2D eigenvalue weighted by Crippen LogP contribution is -2.17. The van der Waals surface area contributed by atoms with Gasteiger partial charge >= 0.3 is 0 Å². The Morgan fingerprint density at radius 3 is 2.63 bits per heavy atom. The number of aromatic nitrogens is 1. The van der Waals surface area contributed by atoms with E-state index in [1.807, 2.05) is 0 Å². The Hall–Kier alpha value is -2.72. The third-order valence-corrected chi connectivity index (χ3v) is 4.72. The van der Waals surface area contributed by atoms with Crippen LogP contribution >= 0.6 is 0 Å². The average molecular weight is 361 g/mol. The number of rotatable bonds is 6. The van der Waals surface area contributed by atoms with E-state index < -0.39 is 0 Å². The zero-order chi connectivity index (χ0) is 19.4. The number of nitrogens with zero attached hydrogens (tertiary/aromatic N) is 2. The maximum absolute atomic E-state index is 11.5. The molecular weight excluding hydrogens is 334 g/mol. The lowest BCUT2D eigenvalue weighted by atomic mass is 10.0. The van der Waals surface area contributed by atoms with Crippen LogP contribution in [0.4, 0.5) is 0 Å². The van der Waals surface area contributed by atoms with E-state index in [9.17, 15) is 4.79 Å². The number of fused-ring (bicyclic) bond motifs is 1. The molecule has 0 unspecified atom stereocenters. The first-order valence-corrected chi connectivity index (χ1v) is 9.31. The van der Waals surface area contributed by atoms with Crippen LogP contribution in [0.1, 0.15) is 23.1 Å². The zero-order valence-electron chi connectivity index (χ0n) is 16.5. The summed E-state index contributed by atoms with van der Waals surface area (Å²) < 4.78 is 0. The number of nitrogens with one attached hydrogen (secondary N) is 1. The second-order valence-electron chi connectivity index (χ2n) is 7.29. The van der Waals surface area contributed by atoms with Crippen LogP contribution in [0, 0.1) is 6.92 Å². The Balaban J connectivity index is 1.96. The van der Waals surface area contributed by atoms with Gasteiger partial charge in [0, 0.05) is 31.0 Å². The fourth-order valence-corrected chi connectivity index (χ4v) is 3.33. The number of benzene rings is 2. The molecule has 1 N–H and O–H groups in total. The van der Waals surface area contributed by atoms with E-state index in [1.165, 1.54) is 11.1 Å². The predicted molar refractivity (Wildman–Crippen MR) is 112 cm³/mol.